The molecule has 0 saturated heterocycles. The maximum Gasteiger partial charge on any atom is 0.293 e. The number of carbonyl (C=O) groups is 1. The number of rotatable bonds is 6. The summed E-state index contributed by atoms with van der Waals surface area (Å²) in [6.07, 6.45) is 1.29. The molecule has 0 spiro atoms. The molecule has 0 unspecified atom stereocenters. The summed E-state index contributed by atoms with van der Waals surface area (Å²) in [5.41, 5.74) is 10.3. The van der Waals surface area contributed by atoms with Crippen molar-refractivity contribution in [3.8, 4) is 5.82 Å². The van der Waals surface area contributed by atoms with E-state index in [9.17, 15) is 4.79 Å². The fraction of sp³-hybridized carbons (Fsp3) is 0.250. The second kappa shape index (κ2) is 7.96. The van der Waals surface area contributed by atoms with E-state index in [0.29, 0.717) is 22.8 Å². The average Bonchev–Trinajstić information content (AvgIpc) is 3.26. The average molecular weight is 389 g/mol. The van der Waals surface area contributed by atoms with Crippen LogP contribution in [0.25, 0.3) is 5.82 Å². The number of carbonyl (C=O) groups excluding carboxylic acids is 1. The van der Waals surface area contributed by atoms with Crippen LogP contribution in [-0.2, 0) is 6.42 Å². The molecule has 10 nitrogen and oxygen atoms in total. The van der Waals surface area contributed by atoms with Crippen LogP contribution < -0.4 is 11.2 Å². The summed E-state index contributed by atoms with van der Waals surface area (Å²) in [6.45, 7) is 3.74. The summed E-state index contributed by atoms with van der Waals surface area (Å²) in [5.74, 6) is -0.250. The highest BCUT2D eigenvalue weighted by Crippen LogP contribution is 2.17. The molecule has 0 saturated carbocycles. The number of nitrogens with two attached hydrogens (primary N) is 1. The molecule has 0 fully saturated rings. The number of aromatic nitrogens is 5. The van der Waals surface area contributed by atoms with Crippen molar-refractivity contribution in [2.75, 3.05) is 5.73 Å². The highest BCUT2D eigenvalue weighted by atomic mass is 35.5. The van der Waals surface area contributed by atoms with Crippen LogP contribution in [0.3, 0.4) is 0 Å². The van der Waals surface area contributed by atoms with Gasteiger partial charge in [0.05, 0.1) is 11.4 Å². The number of benzene rings is 1. The third kappa shape index (κ3) is 3.95. The van der Waals surface area contributed by atoms with E-state index in [1.54, 1.807) is 19.1 Å². The molecule has 0 bridgehead atoms. The van der Waals surface area contributed by atoms with Crippen LogP contribution in [-0.4, -0.2) is 36.9 Å². The van der Waals surface area contributed by atoms with E-state index >= 15 is 0 Å². The predicted molar refractivity (Wildman–Crippen MR) is 98.8 cm³/mol. The number of nitrogen functional groups attached to an aromatic ring is 1. The lowest BCUT2D eigenvalue weighted by molar-refractivity contribution is 0.0948. The Balaban J connectivity index is 1.84. The minimum absolute atomic E-state index is 0.0563. The summed E-state index contributed by atoms with van der Waals surface area (Å²) in [4.78, 5) is 12.6. The Hall–Kier alpha value is -3.27. The van der Waals surface area contributed by atoms with Crippen molar-refractivity contribution in [3.05, 3.63) is 46.2 Å². The summed E-state index contributed by atoms with van der Waals surface area (Å²) in [6, 6.07) is 7.12. The predicted octanol–water partition coefficient (Wildman–Crippen LogP) is 1.99. The van der Waals surface area contributed by atoms with Gasteiger partial charge in [-0.3, -0.25) is 4.79 Å². The normalized spacial score (nSPS) is 11.6. The highest BCUT2D eigenvalue weighted by molar-refractivity contribution is 6.30. The van der Waals surface area contributed by atoms with E-state index in [4.69, 9.17) is 17.3 Å². The molecule has 3 aromatic rings. The smallest absolute Gasteiger partial charge is 0.293 e. The fourth-order valence-corrected chi connectivity index (χ4v) is 2.52. The van der Waals surface area contributed by atoms with Crippen LogP contribution in [0.15, 0.2) is 34.0 Å². The second-order valence-corrected chi connectivity index (χ2v) is 6.10. The van der Waals surface area contributed by atoms with Gasteiger partial charge in [0, 0.05) is 5.02 Å². The summed E-state index contributed by atoms with van der Waals surface area (Å²) in [5, 5.41) is 19.9. The molecule has 140 valence electrons. The van der Waals surface area contributed by atoms with Crippen molar-refractivity contribution in [1.82, 2.24) is 30.7 Å². The molecule has 2 heterocycles. The zero-order valence-corrected chi connectivity index (χ0v) is 15.4. The second-order valence-electron chi connectivity index (χ2n) is 5.66. The molecule has 0 aliphatic rings. The van der Waals surface area contributed by atoms with Crippen LogP contribution >= 0.6 is 11.6 Å². The Morgan fingerprint density at radius 2 is 2.07 bits per heavy atom. The lowest BCUT2D eigenvalue weighted by atomic mass is 10.1. The van der Waals surface area contributed by atoms with E-state index in [1.165, 1.54) is 4.68 Å². The quantitative estimate of drug-likeness (QED) is 0.486. The van der Waals surface area contributed by atoms with Gasteiger partial charge >= 0.3 is 0 Å². The molecule has 3 N–H and O–H groups in total. The fourth-order valence-electron chi connectivity index (χ4n) is 2.39. The monoisotopic (exact) mass is 388 g/mol. The zero-order valence-electron chi connectivity index (χ0n) is 14.7. The molecule has 0 aliphatic heterocycles. The van der Waals surface area contributed by atoms with Crippen LogP contribution in [0.1, 0.15) is 42.0 Å². The number of nitrogens with zero attached hydrogens (tertiary/aromatic N) is 6. The molecule has 1 amide bonds. The number of amides is 1. The number of hydrogen-bond acceptors (Lipinski definition) is 8. The molecular weight excluding hydrogens is 372 g/mol. The summed E-state index contributed by atoms with van der Waals surface area (Å²) < 4.78 is 5.94. The standard InChI is InChI=1S/C16H17ClN8O2/c1-3-4-12-13(20-24-25(12)15-14(18)22-27-23-15)16(26)21-19-9(2)10-5-7-11(17)8-6-10/h5-8H,3-4H2,1-2H3,(H2,18,22)(H,21,26)/b19-9+. The van der Waals surface area contributed by atoms with Crippen LogP contribution in [0, 0.1) is 0 Å². The van der Waals surface area contributed by atoms with Crippen LogP contribution in [0.4, 0.5) is 5.82 Å². The maximum absolute atomic E-state index is 12.6. The number of hydrazone groups is 1. The molecule has 1 aromatic carbocycles. The Labute approximate surface area is 159 Å². The van der Waals surface area contributed by atoms with Crippen molar-refractivity contribution in [3.63, 3.8) is 0 Å². The Morgan fingerprint density at radius 1 is 1.33 bits per heavy atom. The third-order valence-corrected chi connectivity index (χ3v) is 4.00. The van der Waals surface area contributed by atoms with Crippen LogP contribution in [0.2, 0.25) is 5.02 Å². The molecule has 2 aromatic heterocycles. The van der Waals surface area contributed by atoms with Gasteiger partial charge in [-0.05, 0) is 41.4 Å². The van der Waals surface area contributed by atoms with Gasteiger partial charge in [0.1, 0.15) is 0 Å². The molecule has 0 atom stereocenters. The minimum atomic E-state index is -0.493. The summed E-state index contributed by atoms with van der Waals surface area (Å²) >= 11 is 5.87. The van der Waals surface area contributed by atoms with Crippen molar-refractivity contribution < 1.29 is 9.42 Å². The lowest BCUT2D eigenvalue weighted by Crippen LogP contribution is -2.21. The molecular formula is C16H17ClN8O2. The van der Waals surface area contributed by atoms with E-state index < -0.39 is 5.91 Å². The van der Waals surface area contributed by atoms with Gasteiger partial charge in [-0.15, -0.1) is 5.10 Å². The van der Waals surface area contributed by atoms with Crippen LogP contribution in [0.5, 0.6) is 0 Å². The first kappa shape index (κ1) is 18.5. The molecule has 3 rings (SSSR count). The number of nitrogens with one attached hydrogen (secondary N) is 1. The van der Waals surface area contributed by atoms with E-state index in [2.05, 4.69) is 35.8 Å². The van der Waals surface area contributed by atoms with Gasteiger partial charge in [0.25, 0.3) is 5.91 Å². The van der Waals surface area contributed by atoms with E-state index in [0.717, 1.165) is 12.0 Å². The first-order valence-corrected chi connectivity index (χ1v) is 8.52. The number of hydrogen-bond donors (Lipinski definition) is 2. The first-order chi connectivity index (χ1) is 13.0. The van der Waals surface area contributed by atoms with Gasteiger partial charge in [-0.2, -0.15) is 9.78 Å². The SMILES string of the molecule is CCCc1c(C(=O)N/N=C(\C)c2ccc(Cl)cc2)nnn1-c1nonc1N. The largest absolute Gasteiger partial charge is 0.378 e. The zero-order chi connectivity index (χ0) is 19.4. The molecule has 27 heavy (non-hydrogen) atoms. The van der Waals surface area contributed by atoms with E-state index in [-0.39, 0.29) is 17.3 Å². The van der Waals surface area contributed by atoms with Gasteiger partial charge in [-0.25, -0.2) is 10.1 Å². The lowest BCUT2D eigenvalue weighted by Gasteiger charge is -2.05. The summed E-state index contributed by atoms with van der Waals surface area (Å²) in [7, 11) is 0. The Bertz CT molecular complexity index is 977. The molecule has 11 heteroatoms. The van der Waals surface area contributed by atoms with Crippen molar-refractivity contribution >= 4 is 29.0 Å². The number of halogens is 1. The third-order valence-electron chi connectivity index (χ3n) is 3.75. The highest BCUT2D eigenvalue weighted by Gasteiger charge is 2.23. The van der Waals surface area contributed by atoms with Gasteiger partial charge in [0.2, 0.25) is 11.6 Å². The van der Waals surface area contributed by atoms with Gasteiger partial charge in [0.15, 0.2) is 5.69 Å². The maximum atomic E-state index is 12.6. The van der Waals surface area contributed by atoms with Gasteiger partial charge < -0.3 is 5.73 Å². The minimum Gasteiger partial charge on any atom is -0.378 e. The Morgan fingerprint density at radius 3 is 2.70 bits per heavy atom. The van der Waals surface area contributed by atoms with Crippen molar-refractivity contribution in [2.45, 2.75) is 26.7 Å². The molecule has 0 aliphatic carbocycles. The number of anilines is 1. The topological polar surface area (TPSA) is 137 Å². The molecule has 0 radical (unpaired) electrons. The first-order valence-electron chi connectivity index (χ1n) is 8.14. The van der Waals surface area contributed by atoms with E-state index in [1.807, 2.05) is 19.1 Å². The van der Waals surface area contributed by atoms with Gasteiger partial charge in [-0.1, -0.05) is 42.3 Å². The Kier molecular flexibility index (Phi) is 5.46. The van der Waals surface area contributed by atoms with Crippen molar-refractivity contribution in [1.29, 1.82) is 0 Å². The van der Waals surface area contributed by atoms with Crippen molar-refractivity contribution in [2.24, 2.45) is 5.10 Å².